The van der Waals surface area contributed by atoms with Crippen LogP contribution in [0.4, 0.5) is 11.6 Å². The maximum atomic E-state index is 14.9. The average Bonchev–Trinajstić information content (AvgIpc) is 1.57. The number of hydrogen-bond acceptors (Lipinski definition) is 22. The molecule has 28 heteroatoms. The lowest BCUT2D eigenvalue weighted by Gasteiger charge is -2.32. The molecule has 2 saturated heterocycles. The highest BCUT2D eigenvalue weighted by atomic mass is 32.2. The van der Waals surface area contributed by atoms with Gasteiger partial charge in [-0.25, -0.2) is 16.8 Å². The molecule has 26 nitrogen and oxygen atoms in total. The van der Waals surface area contributed by atoms with Gasteiger partial charge in [0.1, 0.15) is 46.5 Å². The number of sulfonamides is 2. The Labute approximate surface area is 660 Å². The predicted molar refractivity (Wildman–Crippen MR) is 425 cm³/mol. The van der Waals surface area contributed by atoms with Crippen LogP contribution in [0.5, 0.6) is 23.3 Å². The van der Waals surface area contributed by atoms with Crippen molar-refractivity contribution in [1.29, 1.82) is 0 Å². The first-order chi connectivity index (χ1) is 52.6. The van der Waals surface area contributed by atoms with E-state index in [1.807, 2.05) is 125 Å². The number of aromatic nitrogens is 2. The molecule has 0 spiro atoms. The second-order valence-electron chi connectivity index (χ2n) is 35.5. The predicted octanol–water partition coefficient (Wildman–Crippen LogP) is 11.2. The number of nitrogens with one attached hydrogen (secondary N) is 2. The number of ether oxygens (including phenoxy) is 6. The van der Waals surface area contributed by atoms with Gasteiger partial charge < -0.3 is 48.0 Å². The van der Waals surface area contributed by atoms with Crippen molar-refractivity contribution in [1.82, 2.24) is 29.2 Å². The fourth-order valence-electron chi connectivity index (χ4n) is 16.7. The Balaban J connectivity index is 0.000000221. The van der Waals surface area contributed by atoms with Crippen molar-refractivity contribution in [2.75, 3.05) is 65.3 Å². The van der Waals surface area contributed by atoms with Crippen LogP contribution in [0.1, 0.15) is 185 Å². The highest BCUT2D eigenvalue weighted by Gasteiger charge is 2.63. The number of nitrogens with zero attached hydrogens (tertiary/aromatic N) is 6. The lowest BCUT2D eigenvalue weighted by atomic mass is 9.82. The van der Waals surface area contributed by atoms with Crippen molar-refractivity contribution in [3.05, 3.63) is 72.8 Å². The smallest absolute Gasteiger partial charge is 0.307 e. The number of carbonyl (C=O) groups is 8. The lowest BCUT2D eigenvalue weighted by molar-refractivity contribution is -0.160. The topological polar surface area (TPSA) is 323 Å². The molecule has 112 heavy (non-hydrogen) atoms. The molecule has 2 aromatic heterocycles. The summed E-state index contributed by atoms with van der Waals surface area (Å²) in [5, 5.41) is 1.92. The third kappa shape index (κ3) is 20.2. The minimum Gasteiger partial charge on any atom is -0.497 e. The minimum atomic E-state index is -3.86. The molecule has 4 amide bonds. The summed E-state index contributed by atoms with van der Waals surface area (Å²) < 4.78 is 92.0. The highest BCUT2D eigenvalue weighted by Crippen LogP contribution is 2.59. The molecule has 0 unspecified atom stereocenters. The van der Waals surface area contributed by atoms with Gasteiger partial charge in [-0.2, -0.15) is 9.97 Å². The van der Waals surface area contributed by atoms with Crippen molar-refractivity contribution >= 4 is 100 Å². The molecule has 0 bridgehead atoms. The number of hydrogen-bond donors (Lipinski definition) is 2. The number of benzene rings is 2. The van der Waals surface area contributed by atoms with Crippen molar-refractivity contribution in [2.24, 2.45) is 58.2 Å². The molecule has 8 aliphatic rings. The summed E-state index contributed by atoms with van der Waals surface area (Å²) in [6.45, 7) is 19.0. The Hall–Kier alpha value is -8.40. The fraction of sp³-hybridized carbons (Fsp3) is 0.643. The van der Waals surface area contributed by atoms with Crippen LogP contribution < -0.4 is 38.2 Å². The first kappa shape index (κ1) is 84.5. The summed E-state index contributed by atoms with van der Waals surface area (Å²) in [5.41, 5.74) is -4.01. The Bertz CT molecular complexity index is 4260. The molecule has 0 radical (unpaired) electrons. The number of anilines is 2. The van der Waals surface area contributed by atoms with Crippen LogP contribution in [-0.2, 0) is 67.9 Å². The van der Waals surface area contributed by atoms with E-state index in [4.69, 9.17) is 38.4 Å². The number of methoxy groups -OCH3 is 2. The second-order valence-corrected chi connectivity index (χ2v) is 39.4. The van der Waals surface area contributed by atoms with Crippen molar-refractivity contribution < 1.29 is 83.6 Å². The van der Waals surface area contributed by atoms with Crippen LogP contribution >= 0.6 is 0 Å². The monoisotopic (exact) mass is 1590 g/mol. The van der Waals surface area contributed by atoms with E-state index in [2.05, 4.69) is 23.3 Å². The summed E-state index contributed by atoms with van der Waals surface area (Å²) in [6, 6.07) is 13.0. The normalized spacial score (nSPS) is 29.3. The van der Waals surface area contributed by atoms with Crippen LogP contribution in [0.15, 0.2) is 72.8 Å². The summed E-state index contributed by atoms with van der Waals surface area (Å²) in [4.78, 5) is 130. The Kier molecular flexibility index (Phi) is 25.3. The van der Waals surface area contributed by atoms with Gasteiger partial charge in [-0.15, -0.1) is 0 Å². The zero-order chi connectivity index (χ0) is 81.5. The van der Waals surface area contributed by atoms with Gasteiger partial charge in [0.05, 0.1) is 85.4 Å². The van der Waals surface area contributed by atoms with Crippen LogP contribution in [0.3, 0.4) is 0 Å². The molecule has 2 N–H and O–H groups in total. The quantitative estimate of drug-likeness (QED) is 0.0690. The van der Waals surface area contributed by atoms with Crippen LogP contribution in [0.25, 0.3) is 21.5 Å². The van der Waals surface area contributed by atoms with Crippen LogP contribution in [-0.4, -0.2) is 185 Å². The summed E-state index contributed by atoms with van der Waals surface area (Å²) in [7, 11) is 2.96. The number of ketones is 2. The number of carbonyl (C=O) groups excluding carboxylic acids is 8. The van der Waals surface area contributed by atoms with E-state index in [9.17, 15) is 55.2 Å². The summed E-state index contributed by atoms with van der Waals surface area (Å²) in [5.74, 6) is -2.66. The standard InChI is InChI=1S/2C42H58N4O9S/c2*1-25-11-9-10-12-28-22-42(28,40(50)44-56(51,52)31-14-15-31)23-35(47)34-20-30(24-46(34)39(49)33(26(2)17-25)21-37(48)55-41(3,4)5)54-38-32-16-13-29(53-8)18-27(32)19-36(43-38)45(6)7/h2*10,12-13,16,18-19,25-26,28,30-31,33-34H,9,11,14-15,17,20-24H2,1-8H3,(H,44,50)/b2*12-10-/t25-,26+,28+,30+,33-,34-,42+;25-,26-,28-,30-,33+,34+,42-/m01/s1. The number of esters is 2. The molecule has 4 saturated carbocycles. The first-order valence-corrected chi connectivity index (χ1v) is 42.9. The average molecular weight is 1590 g/mol. The molecule has 4 aromatic rings. The third-order valence-electron chi connectivity index (χ3n) is 23.4. The van der Waals surface area contributed by atoms with E-state index in [1.54, 1.807) is 55.8 Å². The van der Waals surface area contributed by atoms with E-state index in [-0.39, 0.29) is 111 Å². The lowest BCUT2D eigenvalue weighted by Crippen LogP contribution is -2.47. The molecule has 14 atom stereocenters. The maximum absolute atomic E-state index is 14.9. The Morgan fingerprint density at radius 3 is 1.23 bits per heavy atom. The zero-order valence-electron chi connectivity index (χ0n) is 68.0. The van der Waals surface area contributed by atoms with Crippen molar-refractivity contribution in [3.63, 3.8) is 0 Å². The van der Waals surface area contributed by atoms with E-state index in [1.165, 1.54) is 9.80 Å². The van der Waals surface area contributed by atoms with Gasteiger partial charge in [0, 0.05) is 64.6 Å². The van der Waals surface area contributed by atoms with E-state index >= 15 is 0 Å². The molecule has 4 aliphatic carbocycles. The number of amides is 4. The first-order valence-electron chi connectivity index (χ1n) is 39.8. The van der Waals surface area contributed by atoms with E-state index < -0.39 is 112 Å². The molecule has 612 valence electrons. The Morgan fingerprint density at radius 1 is 0.536 bits per heavy atom. The zero-order valence-corrected chi connectivity index (χ0v) is 69.6. The molecular formula is C84H116N8O18S2. The molecule has 4 aliphatic heterocycles. The van der Waals surface area contributed by atoms with E-state index in [0.717, 1.165) is 47.2 Å². The van der Waals surface area contributed by atoms with Crippen LogP contribution in [0, 0.1) is 58.2 Å². The van der Waals surface area contributed by atoms with Gasteiger partial charge in [-0.05, 0) is 213 Å². The summed E-state index contributed by atoms with van der Waals surface area (Å²) >= 11 is 0. The number of pyridine rings is 2. The van der Waals surface area contributed by atoms with Gasteiger partial charge >= 0.3 is 11.9 Å². The van der Waals surface area contributed by atoms with Crippen molar-refractivity contribution in [3.8, 4) is 23.3 Å². The van der Waals surface area contributed by atoms with Gasteiger partial charge in [0.25, 0.3) is 0 Å². The number of rotatable bonds is 18. The van der Waals surface area contributed by atoms with Crippen LogP contribution in [0.2, 0.25) is 0 Å². The number of fused-ring (bicyclic) bond motifs is 6. The Morgan fingerprint density at radius 2 is 0.902 bits per heavy atom. The number of allylic oxidation sites excluding steroid dienone is 4. The van der Waals surface area contributed by atoms with Gasteiger partial charge in [0.15, 0.2) is 11.6 Å². The van der Waals surface area contributed by atoms with E-state index in [0.29, 0.717) is 86.3 Å². The SMILES string of the molecule is COc1ccc2c(O[C@@H]3C[C@H]4C(=O)C[C@]5(C(=O)NS(=O)(=O)C6CC6)C[C@H]5/C=C\CC[C@@H](C)C[C@@H](C)[C@H](CC(=O)OC(C)(C)C)C(=O)N4C3)nc(N(C)C)cc2c1.COc1ccc2c(O[C@@H]3C[C@H]4C(=O)C[C@]5(C(=O)NS(=O)(=O)C6CC6)C[C@H]5/C=C\CC[C@H](C)C[C@@H](C)[C@H](CC(=O)OC(C)(C)C)C(=O)N4C3)nc(N(C)C)cc2c1. The van der Waals surface area contributed by atoms with Crippen molar-refractivity contribution in [2.45, 2.75) is 231 Å². The molecule has 12 rings (SSSR count). The maximum Gasteiger partial charge on any atom is 0.307 e. The third-order valence-corrected chi connectivity index (χ3v) is 27.0. The fourth-order valence-corrected chi connectivity index (χ4v) is 19.5. The summed E-state index contributed by atoms with van der Waals surface area (Å²) in [6.07, 6.45) is 13.1. The van der Waals surface area contributed by atoms with Gasteiger partial charge in [-0.3, -0.25) is 47.8 Å². The van der Waals surface area contributed by atoms with Gasteiger partial charge in [-0.1, -0.05) is 52.0 Å². The minimum absolute atomic E-state index is 0.0481. The molecule has 6 heterocycles. The molecule has 6 fully saturated rings. The van der Waals surface area contributed by atoms with Gasteiger partial charge in [0.2, 0.25) is 55.4 Å². The molecular weight excluding hydrogens is 1470 g/mol. The largest absolute Gasteiger partial charge is 0.497 e. The second kappa shape index (κ2) is 33.6. The highest BCUT2D eigenvalue weighted by molar-refractivity contribution is 7.91. The number of Topliss-reactive ketones (excluding diaryl/α,β-unsaturated/α-hetero) is 2. The molecule has 2 aromatic carbocycles.